The van der Waals surface area contributed by atoms with Gasteiger partial charge in [-0.1, -0.05) is 13.0 Å². The topological polar surface area (TPSA) is 0 Å². The van der Waals surface area contributed by atoms with Gasteiger partial charge in [0.1, 0.15) is 0 Å². The van der Waals surface area contributed by atoms with Crippen molar-refractivity contribution in [3.63, 3.8) is 0 Å². The fourth-order valence-corrected chi connectivity index (χ4v) is 1.57. The third-order valence-corrected chi connectivity index (χ3v) is 3.33. The molecule has 0 atom stereocenters. The molecule has 2 heteroatoms. The summed E-state index contributed by atoms with van der Waals surface area (Å²) in [5.74, 6) is 0. The van der Waals surface area contributed by atoms with Crippen LogP contribution in [0, 0.1) is 6.92 Å². The molecular formula is C9H9Br2. The van der Waals surface area contributed by atoms with Gasteiger partial charge in [-0.25, -0.2) is 0 Å². The average molecular weight is 277 g/mol. The molecule has 0 fully saturated rings. The quantitative estimate of drug-likeness (QED) is 0.767. The third kappa shape index (κ3) is 2.60. The van der Waals surface area contributed by atoms with Gasteiger partial charge in [-0.05, 0) is 62.4 Å². The summed E-state index contributed by atoms with van der Waals surface area (Å²) in [6.45, 7) is 3.81. The van der Waals surface area contributed by atoms with E-state index in [0.717, 1.165) is 21.8 Å². The highest BCUT2D eigenvalue weighted by Gasteiger charge is 1.96. The van der Waals surface area contributed by atoms with E-state index in [1.165, 1.54) is 5.56 Å². The number of hydrogen-bond donors (Lipinski definition) is 0. The van der Waals surface area contributed by atoms with Crippen LogP contribution in [-0.4, -0.2) is 0 Å². The molecule has 1 aromatic carbocycles. The summed E-state index contributed by atoms with van der Waals surface area (Å²) in [4.78, 5) is 0. The highest BCUT2D eigenvalue weighted by molar-refractivity contribution is 9.13. The number of rotatable bonds is 2. The van der Waals surface area contributed by atoms with Gasteiger partial charge in [0, 0.05) is 8.95 Å². The lowest BCUT2D eigenvalue weighted by atomic mass is 10.1. The lowest BCUT2D eigenvalue weighted by molar-refractivity contribution is 0.997. The molecule has 1 rings (SSSR count). The number of benzene rings is 1. The second-order valence-electron chi connectivity index (χ2n) is 2.35. The van der Waals surface area contributed by atoms with Crippen LogP contribution in [0.4, 0.5) is 0 Å². The van der Waals surface area contributed by atoms with Crippen molar-refractivity contribution < 1.29 is 0 Å². The molecule has 1 aromatic rings. The van der Waals surface area contributed by atoms with Crippen molar-refractivity contribution in [3.05, 3.63) is 39.6 Å². The summed E-state index contributed by atoms with van der Waals surface area (Å²) in [5, 5.41) is 0. The maximum atomic E-state index is 3.81. The molecule has 0 aromatic heterocycles. The van der Waals surface area contributed by atoms with Crippen molar-refractivity contribution in [1.82, 2.24) is 0 Å². The van der Waals surface area contributed by atoms with Crippen LogP contribution in [0.15, 0.2) is 27.1 Å². The van der Waals surface area contributed by atoms with Crippen molar-refractivity contribution in [2.24, 2.45) is 0 Å². The van der Waals surface area contributed by atoms with Gasteiger partial charge >= 0.3 is 0 Å². The van der Waals surface area contributed by atoms with E-state index < -0.39 is 0 Å². The average Bonchev–Trinajstić information content (AvgIpc) is 1.98. The van der Waals surface area contributed by atoms with E-state index in [-0.39, 0.29) is 0 Å². The monoisotopic (exact) mass is 275 g/mol. The Bertz CT molecular complexity index is 243. The molecule has 0 saturated carbocycles. The van der Waals surface area contributed by atoms with Crippen molar-refractivity contribution in [2.45, 2.75) is 12.8 Å². The number of aryl methyl sites for hydroxylation is 1. The van der Waals surface area contributed by atoms with E-state index in [4.69, 9.17) is 0 Å². The van der Waals surface area contributed by atoms with E-state index >= 15 is 0 Å². The van der Waals surface area contributed by atoms with Gasteiger partial charge in [-0.15, -0.1) is 0 Å². The standard InChI is InChI=1S/C9H9Br2/c1-2-3-7-4-5-8(10)9(11)6-7/h4-6H,1-3H2. The lowest BCUT2D eigenvalue weighted by Crippen LogP contribution is -1.82. The van der Waals surface area contributed by atoms with E-state index in [1.807, 2.05) is 0 Å². The maximum Gasteiger partial charge on any atom is 0.0320 e. The van der Waals surface area contributed by atoms with Crippen LogP contribution in [0.2, 0.25) is 0 Å². The smallest absolute Gasteiger partial charge is 0.0320 e. The molecule has 59 valence electrons. The predicted molar refractivity (Wildman–Crippen MR) is 55.5 cm³/mol. The lowest BCUT2D eigenvalue weighted by Gasteiger charge is -2.00. The molecule has 0 amide bonds. The third-order valence-electron chi connectivity index (χ3n) is 1.45. The summed E-state index contributed by atoms with van der Waals surface area (Å²) in [7, 11) is 0. The summed E-state index contributed by atoms with van der Waals surface area (Å²) < 4.78 is 2.22. The van der Waals surface area contributed by atoms with Gasteiger partial charge in [-0.2, -0.15) is 0 Å². The van der Waals surface area contributed by atoms with Crippen molar-refractivity contribution in [1.29, 1.82) is 0 Å². The van der Waals surface area contributed by atoms with Crippen molar-refractivity contribution in [3.8, 4) is 0 Å². The zero-order valence-corrected chi connectivity index (χ0v) is 9.28. The largest absolute Gasteiger partial charge is 0.0578 e. The van der Waals surface area contributed by atoms with Crippen LogP contribution in [0.1, 0.15) is 12.0 Å². The zero-order chi connectivity index (χ0) is 8.27. The zero-order valence-electron chi connectivity index (χ0n) is 6.11. The molecule has 0 aliphatic carbocycles. The maximum absolute atomic E-state index is 3.81. The van der Waals surface area contributed by atoms with Gasteiger partial charge in [0.05, 0.1) is 0 Å². The Balaban J connectivity index is 2.86. The molecule has 0 N–H and O–H groups in total. The van der Waals surface area contributed by atoms with Gasteiger partial charge in [-0.3, -0.25) is 0 Å². The molecule has 1 radical (unpaired) electrons. The second-order valence-corrected chi connectivity index (χ2v) is 4.06. The van der Waals surface area contributed by atoms with Crippen LogP contribution < -0.4 is 0 Å². The van der Waals surface area contributed by atoms with E-state index in [2.05, 4.69) is 57.0 Å². The fourth-order valence-electron chi connectivity index (χ4n) is 0.899. The predicted octanol–water partition coefficient (Wildman–Crippen LogP) is 3.98. The molecule has 0 aliphatic rings. The van der Waals surface area contributed by atoms with Gasteiger partial charge in [0.15, 0.2) is 0 Å². The molecule has 0 saturated heterocycles. The molecular weight excluding hydrogens is 268 g/mol. The van der Waals surface area contributed by atoms with Gasteiger partial charge < -0.3 is 0 Å². The van der Waals surface area contributed by atoms with Gasteiger partial charge in [0.2, 0.25) is 0 Å². The molecule has 0 heterocycles. The highest BCUT2D eigenvalue weighted by atomic mass is 79.9. The SMILES string of the molecule is [CH2]CCc1ccc(Br)c(Br)c1. The van der Waals surface area contributed by atoms with Crippen LogP contribution in [0.25, 0.3) is 0 Å². The van der Waals surface area contributed by atoms with E-state index in [1.54, 1.807) is 0 Å². The number of hydrogen-bond acceptors (Lipinski definition) is 0. The van der Waals surface area contributed by atoms with Gasteiger partial charge in [0.25, 0.3) is 0 Å². The van der Waals surface area contributed by atoms with Crippen LogP contribution in [0.3, 0.4) is 0 Å². The van der Waals surface area contributed by atoms with Crippen molar-refractivity contribution >= 4 is 31.9 Å². The molecule has 0 unspecified atom stereocenters. The molecule has 11 heavy (non-hydrogen) atoms. The second kappa shape index (κ2) is 4.27. The Morgan fingerprint density at radius 2 is 1.91 bits per heavy atom. The summed E-state index contributed by atoms with van der Waals surface area (Å²) >= 11 is 6.87. The fraction of sp³-hybridized carbons (Fsp3) is 0.222. The normalized spacial score (nSPS) is 10.1. The molecule has 0 bridgehead atoms. The molecule has 0 nitrogen and oxygen atoms in total. The van der Waals surface area contributed by atoms with Crippen LogP contribution in [0.5, 0.6) is 0 Å². The van der Waals surface area contributed by atoms with E-state index in [0.29, 0.717) is 0 Å². The van der Waals surface area contributed by atoms with Crippen molar-refractivity contribution in [2.75, 3.05) is 0 Å². The molecule has 0 spiro atoms. The number of halogens is 2. The Labute approximate surface area is 84.3 Å². The first-order valence-corrected chi connectivity index (χ1v) is 5.06. The molecule has 0 aliphatic heterocycles. The van der Waals surface area contributed by atoms with Crippen LogP contribution >= 0.6 is 31.9 Å². The minimum atomic E-state index is 0.952. The highest BCUT2D eigenvalue weighted by Crippen LogP contribution is 2.24. The Morgan fingerprint density at radius 3 is 2.45 bits per heavy atom. The Kier molecular flexibility index (Phi) is 3.60. The minimum absolute atomic E-state index is 0.952. The Morgan fingerprint density at radius 1 is 1.18 bits per heavy atom. The van der Waals surface area contributed by atoms with E-state index in [9.17, 15) is 0 Å². The minimum Gasteiger partial charge on any atom is -0.0578 e. The van der Waals surface area contributed by atoms with Crippen LogP contribution in [-0.2, 0) is 6.42 Å². The first kappa shape index (κ1) is 9.27. The summed E-state index contributed by atoms with van der Waals surface area (Å²) in [5.41, 5.74) is 1.33. The first-order valence-electron chi connectivity index (χ1n) is 3.47. The summed E-state index contributed by atoms with van der Waals surface area (Å²) in [6.07, 6.45) is 2.00. The first-order chi connectivity index (χ1) is 5.24. The Hall–Kier alpha value is 0.180. The summed E-state index contributed by atoms with van der Waals surface area (Å²) in [6, 6.07) is 6.28.